The lowest BCUT2D eigenvalue weighted by Crippen LogP contribution is -2.27. The monoisotopic (exact) mass is 444 g/mol. The molecule has 1 aliphatic heterocycles. The van der Waals surface area contributed by atoms with Crippen molar-refractivity contribution in [1.82, 2.24) is 9.38 Å². The number of halogens is 3. The van der Waals surface area contributed by atoms with Crippen molar-refractivity contribution in [2.45, 2.75) is 31.0 Å². The van der Waals surface area contributed by atoms with Crippen LogP contribution in [0.3, 0.4) is 0 Å². The van der Waals surface area contributed by atoms with Crippen molar-refractivity contribution < 1.29 is 22.7 Å². The summed E-state index contributed by atoms with van der Waals surface area (Å²) >= 11 is 1.44. The summed E-state index contributed by atoms with van der Waals surface area (Å²) in [5, 5.41) is -0.318. The van der Waals surface area contributed by atoms with Crippen LogP contribution in [0.4, 0.5) is 13.2 Å². The number of pyridine rings is 1. The van der Waals surface area contributed by atoms with Crippen molar-refractivity contribution in [3.63, 3.8) is 0 Å². The van der Waals surface area contributed by atoms with E-state index in [0.29, 0.717) is 29.4 Å². The number of hydrogen-bond acceptors (Lipinski definition) is 4. The lowest BCUT2D eigenvalue weighted by Gasteiger charge is -2.20. The highest BCUT2D eigenvalue weighted by Gasteiger charge is 2.43. The van der Waals surface area contributed by atoms with E-state index in [-0.39, 0.29) is 22.2 Å². The van der Waals surface area contributed by atoms with Crippen LogP contribution in [0.5, 0.6) is 0 Å². The number of aromatic nitrogens is 2. The summed E-state index contributed by atoms with van der Waals surface area (Å²) in [5.41, 5.74) is 1.18. The first-order valence-electron chi connectivity index (χ1n) is 9.59. The second-order valence-electron chi connectivity index (χ2n) is 7.95. The van der Waals surface area contributed by atoms with E-state index in [1.54, 1.807) is 10.6 Å². The number of cyclic esters (lactones) is 1. The highest BCUT2D eigenvalue weighted by molar-refractivity contribution is 7.99. The number of thioether (sulfide) groups is 1. The predicted molar refractivity (Wildman–Crippen MR) is 112 cm³/mol. The Bertz CT molecular complexity index is 1200. The Kier molecular flexibility index (Phi) is 5.48. The topological polar surface area (TPSA) is 43.6 Å². The van der Waals surface area contributed by atoms with Gasteiger partial charge in [-0.3, -0.25) is 9.20 Å². The number of carbonyl (C=O) groups excluding carboxylic acids is 1. The number of nitrogens with zero attached hydrogens (tertiary/aromatic N) is 2. The van der Waals surface area contributed by atoms with Gasteiger partial charge in [-0.25, -0.2) is 4.98 Å². The maximum atomic E-state index is 13.0. The molecule has 3 heterocycles. The third-order valence-corrected chi connectivity index (χ3v) is 6.62. The number of rotatable bonds is 3. The first-order chi connectivity index (χ1) is 14.6. The molecule has 3 aromatic rings. The Morgan fingerprint density at radius 2 is 2.03 bits per heavy atom. The van der Waals surface area contributed by atoms with Gasteiger partial charge < -0.3 is 4.74 Å². The van der Waals surface area contributed by atoms with E-state index in [9.17, 15) is 18.0 Å². The average Bonchev–Trinajstić information content (AvgIpc) is 3.20. The number of ether oxygens (including phenoxy) is 1. The van der Waals surface area contributed by atoms with E-state index in [0.717, 1.165) is 12.1 Å². The molecule has 0 amide bonds. The van der Waals surface area contributed by atoms with Crippen molar-refractivity contribution in [1.29, 1.82) is 0 Å². The Labute approximate surface area is 181 Å². The summed E-state index contributed by atoms with van der Waals surface area (Å²) in [7, 11) is 0. The molecule has 4 rings (SSSR count). The Balaban J connectivity index is 1.67. The third-order valence-electron chi connectivity index (χ3n) is 5.01. The van der Waals surface area contributed by atoms with Crippen molar-refractivity contribution in [3.05, 3.63) is 71.2 Å². The summed E-state index contributed by atoms with van der Waals surface area (Å²) in [6, 6.07) is 10.4. The van der Waals surface area contributed by atoms with Gasteiger partial charge in [0.05, 0.1) is 17.9 Å². The van der Waals surface area contributed by atoms with Gasteiger partial charge in [-0.1, -0.05) is 31.9 Å². The minimum absolute atomic E-state index is 0.240. The largest absolute Gasteiger partial charge is 0.464 e. The summed E-state index contributed by atoms with van der Waals surface area (Å²) in [4.78, 5) is 16.7. The number of carbonyl (C=O) groups is 1. The number of hydrogen-bond donors (Lipinski definition) is 0. The van der Waals surface area contributed by atoms with Gasteiger partial charge in [0.1, 0.15) is 16.6 Å². The van der Waals surface area contributed by atoms with E-state index in [1.165, 1.54) is 23.9 Å². The second-order valence-corrected chi connectivity index (χ2v) is 9.05. The van der Waals surface area contributed by atoms with Gasteiger partial charge in [-0.05, 0) is 36.3 Å². The van der Waals surface area contributed by atoms with Gasteiger partial charge in [0.25, 0.3) is 0 Å². The molecule has 1 saturated heterocycles. The molecular weight excluding hydrogens is 425 g/mol. The van der Waals surface area contributed by atoms with E-state index >= 15 is 0 Å². The zero-order valence-electron chi connectivity index (χ0n) is 16.9. The summed E-state index contributed by atoms with van der Waals surface area (Å²) in [6.07, 6.45) is -2.62. The van der Waals surface area contributed by atoms with Crippen LogP contribution in [0.1, 0.15) is 36.4 Å². The van der Waals surface area contributed by atoms with Crippen LogP contribution >= 0.6 is 11.8 Å². The second kappa shape index (κ2) is 7.97. The molecule has 4 nitrogen and oxygen atoms in total. The van der Waals surface area contributed by atoms with Crippen LogP contribution < -0.4 is 0 Å². The molecule has 1 aromatic carbocycles. The molecule has 0 aliphatic carbocycles. The molecule has 1 fully saturated rings. The number of esters is 1. The lowest BCUT2D eigenvalue weighted by atomic mass is 9.92. The molecule has 0 bridgehead atoms. The van der Waals surface area contributed by atoms with Gasteiger partial charge in [0, 0.05) is 22.9 Å². The highest BCUT2D eigenvalue weighted by atomic mass is 32.2. The minimum Gasteiger partial charge on any atom is -0.464 e. The molecule has 31 heavy (non-hydrogen) atoms. The summed E-state index contributed by atoms with van der Waals surface area (Å²) < 4.78 is 46.0. The van der Waals surface area contributed by atoms with Crippen LogP contribution in [0, 0.1) is 17.3 Å². The van der Waals surface area contributed by atoms with Gasteiger partial charge >= 0.3 is 12.1 Å². The van der Waals surface area contributed by atoms with Crippen molar-refractivity contribution in [3.8, 4) is 11.8 Å². The number of alkyl halides is 3. The zero-order chi connectivity index (χ0) is 22.2. The fourth-order valence-corrected chi connectivity index (χ4v) is 4.61. The van der Waals surface area contributed by atoms with Crippen molar-refractivity contribution in [2.24, 2.45) is 5.41 Å². The van der Waals surface area contributed by atoms with E-state index < -0.39 is 11.7 Å². The predicted octanol–water partition coefficient (Wildman–Crippen LogP) is 4.94. The lowest BCUT2D eigenvalue weighted by molar-refractivity contribution is -0.138. The van der Waals surface area contributed by atoms with Gasteiger partial charge in [-0.2, -0.15) is 13.2 Å². The standard InChI is InChI=1S/C23H19F3N2O2S/c1-22(2)14-30-21(29)20(22)31-13-17-18(28-11-4-3-8-19(28)27-17)10-9-15-6-5-7-16(12-15)23(24,25)26/h3-8,11-12,20H,13-14H2,1-2H3. The van der Waals surface area contributed by atoms with Crippen LogP contribution in [-0.4, -0.2) is 27.2 Å². The number of imidazole rings is 1. The molecule has 160 valence electrons. The molecule has 2 aromatic heterocycles. The molecule has 8 heteroatoms. The first kappa shape index (κ1) is 21.3. The van der Waals surface area contributed by atoms with Gasteiger partial charge in [0.15, 0.2) is 0 Å². The first-order valence-corrected chi connectivity index (χ1v) is 10.6. The fraction of sp³-hybridized carbons (Fsp3) is 0.304. The molecule has 0 spiro atoms. The highest BCUT2D eigenvalue weighted by Crippen LogP contribution is 2.39. The van der Waals surface area contributed by atoms with E-state index in [1.807, 2.05) is 32.0 Å². The smallest absolute Gasteiger partial charge is 0.416 e. The Morgan fingerprint density at radius 1 is 1.23 bits per heavy atom. The molecule has 1 atom stereocenters. The maximum absolute atomic E-state index is 13.0. The van der Waals surface area contributed by atoms with Crippen molar-refractivity contribution in [2.75, 3.05) is 6.61 Å². The summed E-state index contributed by atoms with van der Waals surface area (Å²) in [6.45, 7) is 4.33. The molecule has 1 aliphatic rings. The van der Waals surface area contributed by atoms with Crippen LogP contribution in [0.2, 0.25) is 0 Å². The number of fused-ring (bicyclic) bond motifs is 1. The fourth-order valence-electron chi connectivity index (χ4n) is 3.37. The van der Waals surface area contributed by atoms with Crippen molar-refractivity contribution >= 4 is 23.4 Å². The summed E-state index contributed by atoms with van der Waals surface area (Å²) in [5.74, 6) is 6.01. The normalized spacial score (nSPS) is 18.0. The van der Waals surface area contributed by atoms with Crippen LogP contribution in [0.15, 0.2) is 48.7 Å². The van der Waals surface area contributed by atoms with Gasteiger partial charge in [-0.15, -0.1) is 11.8 Å². The maximum Gasteiger partial charge on any atom is 0.416 e. The van der Waals surface area contributed by atoms with E-state index in [2.05, 4.69) is 16.8 Å². The molecular formula is C23H19F3N2O2S. The van der Waals surface area contributed by atoms with Crippen LogP contribution in [0.25, 0.3) is 5.65 Å². The zero-order valence-corrected chi connectivity index (χ0v) is 17.7. The molecule has 1 unspecified atom stereocenters. The third kappa shape index (κ3) is 4.42. The number of benzene rings is 1. The molecule has 0 N–H and O–H groups in total. The molecule has 0 radical (unpaired) electrons. The Morgan fingerprint density at radius 3 is 2.74 bits per heavy atom. The average molecular weight is 444 g/mol. The quantitative estimate of drug-likeness (QED) is 0.424. The molecule has 0 saturated carbocycles. The minimum atomic E-state index is -4.43. The van der Waals surface area contributed by atoms with Gasteiger partial charge in [0.2, 0.25) is 0 Å². The Hall–Kier alpha value is -2.92. The van der Waals surface area contributed by atoms with E-state index in [4.69, 9.17) is 4.74 Å². The van der Waals surface area contributed by atoms with Crippen LogP contribution in [-0.2, 0) is 21.5 Å². The SMILES string of the molecule is CC1(C)COC(=O)C1SCc1nc2ccccn2c1C#Cc1cccc(C(F)(F)F)c1.